The first kappa shape index (κ1) is 12.2. The highest BCUT2D eigenvalue weighted by molar-refractivity contribution is 5.81. The number of nitrogens with two attached hydrogens (primary N) is 1. The molecule has 0 spiro atoms. The number of anilines is 2. The number of carbonyl (C=O) groups excluding carboxylic acids is 1. The SMILES string of the molecule is CC(C)NC(=O)CN(C)c1ccnc(N)n1. The third kappa shape index (κ3) is 3.72. The maximum atomic E-state index is 11.5. The van der Waals surface area contributed by atoms with Gasteiger partial charge in [0.25, 0.3) is 0 Å². The Morgan fingerprint density at radius 3 is 2.88 bits per heavy atom. The van der Waals surface area contributed by atoms with Crippen LogP contribution in [0, 0.1) is 0 Å². The second-order valence-corrected chi connectivity index (χ2v) is 3.85. The summed E-state index contributed by atoms with van der Waals surface area (Å²) in [6, 6.07) is 1.84. The van der Waals surface area contributed by atoms with Crippen molar-refractivity contribution in [2.75, 3.05) is 24.2 Å². The quantitative estimate of drug-likeness (QED) is 0.751. The zero-order valence-corrected chi connectivity index (χ0v) is 9.77. The molecule has 0 aliphatic carbocycles. The van der Waals surface area contributed by atoms with Gasteiger partial charge < -0.3 is 16.0 Å². The first-order chi connectivity index (χ1) is 7.49. The molecule has 6 heteroatoms. The lowest BCUT2D eigenvalue weighted by Gasteiger charge is -2.18. The number of nitrogen functional groups attached to an aromatic ring is 1. The van der Waals surface area contributed by atoms with E-state index in [1.54, 1.807) is 24.2 Å². The highest BCUT2D eigenvalue weighted by Gasteiger charge is 2.09. The van der Waals surface area contributed by atoms with Crippen molar-refractivity contribution in [1.82, 2.24) is 15.3 Å². The molecule has 0 unspecified atom stereocenters. The van der Waals surface area contributed by atoms with Gasteiger partial charge in [0.2, 0.25) is 11.9 Å². The summed E-state index contributed by atoms with van der Waals surface area (Å²) in [5.74, 6) is 0.787. The van der Waals surface area contributed by atoms with Crippen LogP contribution in [0.2, 0.25) is 0 Å². The Balaban J connectivity index is 2.58. The normalized spacial score (nSPS) is 10.2. The molecule has 1 heterocycles. The van der Waals surface area contributed by atoms with E-state index >= 15 is 0 Å². The summed E-state index contributed by atoms with van der Waals surface area (Å²) < 4.78 is 0. The van der Waals surface area contributed by atoms with Gasteiger partial charge in [-0.25, -0.2) is 4.98 Å². The van der Waals surface area contributed by atoms with E-state index in [1.807, 2.05) is 13.8 Å². The summed E-state index contributed by atoms with van der Waals surface area (Å²) in [5, 5.41) is 2.80. The molecule has 0 aliphatic heterocycles. The summed E-state index contributed by atoms with van der Waals surface area (Å²) in [4.78, 5) is 21.0. The largest absolute Gasteiger partial charge is 0.368 e. The molecular formula is C10H17N5O. The number of hydrogen-bond acceptors (Lipinski definition) is 5. The van der Waals surface area contributed by atoms with Crippen molar-refractivity contribution < 1.29 is 4.79 Å². The molecule has 1 aromatic rings. The molecule has 0 aromatic carbocycles. The van der Waals surface area contributed by atoms with Gasteiger partial charge in [0.15, 0.2) is 0 Å². The molecule has 88 valence electrons. The number of carbonyl (C=O) groups is 1. The first-order valence-corrected chi connectivity index (χ1v) is 5.08. The third-order valence-electron chi connectivity index (χ3n) is 1.88. The van der Waals surface area contributed by atoms with Crippen molar-refractivity contribution in [3.63, 3.8) is 0 Å². The maximum Gasteiger partial charge on any atom is 0.239 e. The molecule has 0 saturated carbocycles. The minimum atomic E-state index is -0.0466. The van der Waals surface area contributed by atoms with Crippen molar-refractivity contribution in [2.45, 2.75) is 19.9 Å². The molecule has 0 radical (unpaired) electrons. The maximum absolute atomic E-state index is 11.5. The van der Waals surface area contributed by atoms with Crippen molar-refractivity contribution in [1.29, 1.82) is 0 Å². The molecule has 6 nitrogen and oxygen atoms in total. The lowest BCUT2D eigenvalue weighted by atomic mass is 10.4. The molecule has 0 atom stereocenters. The van der Waals surface area contributed by atoms with E-state index in [2.05, 4.69) is 15.3 Å². The Hall–Kier alpha value is -1.85. The molecule has 1 aromatic heterocycles. The second kappa shape index (κ2) is 5.29. The van der Waals surface area contributed by atoms with E-state index in [0.717, 1.165) is 0 Å². The molecule has 0 bridgehead atoms. The average Bonchev–Trinajstić information content (AvgIpc) is 2.16. The topological polar surface area (TPSA) is 84.1 Å². The van der Waals surface area contributed by atoms with Gasteiger partial charge in [-0.3, -0.25) is 4.79 Å². The summed E-state index contributed by atoms with van der Waals surface area (Å²) >= 11 is 0. The van der Waals surface area contributed by atoms with Crippen LogP contribution in [0.4, 0.5) is 11.8 Å². The molecule has 16 heavy (non-hydrogen) atoms. The van der Waals surface area contributed by atoms with E-state index < -0.39 is 0 Å². The number of hydrogen-bond donors (Lipinski definition) is 2. The Kier molecular flexibility index (Phi) is 4.04. The monoisotopic (exact) mass is 223 g/mol. The van der Waals surface area contributed by atoms with Gasteiger partial charge in [-0.2, -0.15) is 4.98 Å². The van der Waals surface area contributed by atoms with E-state index in [4.69, 9.17) is 5.73 Å². The van der Waals surface area contributed by atoms with Crippen LogP contribution in [0.3, 0.4) is 0 Å². The standard InChI is InChI=1S/C10H17N5O/c1-7(2)13-9(16)6-15(3)8-4-5-12-10(11)14-8/h4-5,7H,6H2,1-3H3,(H,13,16)(H2,11,12,14). The molecule has 0 saturated heterocycles. The van der Waals surface area contributed by atoms with Crippen LogP contribution >= 0.6 is 0 Å². The minimum absolute atomic E-state index is 0.0466. The molecule has 1 rings (SSSR count). The predicted octanol–water partition coefficient (Wildman–Crippen LogP) is 0.0196. The van der Waals surface area contributed by atoms with Gasteiger partial charge in [0.1, 0.15) is 5.82 Å². The average molecular weight is 223 g/mol. The smallest absolute Gasteiger partial charge is 0.239 e. The van der Waals surface area contributed by atoms with Gasteiger partial charge >= 0.3 is 0 Å². The summed E-state index contributed by atoms with van der Waals surface area (Å²) in [6.07, 6.45) is 1.56. The van der Waals surface area contributed by atoms with Gasteiger partial charge in [-0.1, -0.05) is 0 Å². The first-order valence-electron chi connectivity index (χ1n) is 5.08. The Morgan fingerprint density at radius 1 is 1.62 bits per heavy atom. The fourth-order valence-corrected chi connectivity index (χ4v) is 1.24. The van der Waals surface area contributed by atoms with Crippen LogP contribution in [0.25, 0.3) is 0 Å². The number of amides is 1. The number of rotatable bonds is 4. The molecule has 1 amide bonds. The van der Waals surface area contributed by atoms with E-state index in [-0.39, 0.29) is 24.4 Å². The Bertz CT molecular complexity index is 366. The highest BCUT2D eigenvalue weighted by atomic mass is 16.2. The van der Waals surface area contributed by atoms with Crippen molar-refractivity contribution in [3.05, 3.63) is 12.3 Å². The van der Waals surface area contributed by atoms with E-state index in [9.17, 15) is 4.79 Å². The van der Waals surface area contributed by atoms with Gasteiger partial charge in [-0.05, 0) is 19.9 Å². The summed E-state index contributed by atoms with van der Waals surface area (Å²) in [6.45, 7) is 4.08. The molecule has 0 fully saturated rings. The van der Waals surface area contributed by atoms with Crippen LogP contribution in [-0.2, 0) is 4.79 Å². The number of nitrogens with one attached hydrogen (secondary N) is 1. The third-order valence-corrected chi connectivity index (χ3v) is 1.88. The predicted molar refractivity (Wildman–Crippen MR) is 63.0 cm³/mol. The fourth-order valence-electron chi connectivity index (χ4n) is 1.24. The van der Waals surface area contributed by atoms with Gasteiger partial charge in [-0.15, -0.1) is 0 Å². The van der Waals surface area contributed by atoms with Crippen molar-refractivity contribution in [2.24, 2.45) is 0 Å². The van der Waals surface area contributed by atoms with Gasteiger partial charge in [0, 0.05) is 19.3 Å². The Labute approximate surface area is 94.9 Å². The fraction of sp³-hybridized carbons (Fsp3) is 0.500. The number of aromatic nitrogens is 2. The minimum Gasteiger partial charge on any atom is -0.368 e. The van der Waals surface area contributed by atoms with Crippen LogP contribution in [0.15, 0.2) is 12.3 Å². The number of nitrogens with zero attached hydrogens (tertiary/aromatic N) is 3. The summed E-state index contributed by atoms with van der Waals surface area (Å²) in [7, 11) is 1.78. The van der Waals surface area contributed by atoms with Crippen LogP contribution in [0.1, 0.15) is 13.8 Å². The van der Waals surface area contributed by atoms with Crippen LogP contribution < -0.4 is 16.0 Å². The second-order valence-electron chi connectivity index (χ2n) is 3.85. The van der Waals surface area contributed by atoms with Crippen molar-refractivity contribution in [3.8, 4) is 0 Å². The lowest BCUT2D eigenvalue weighted by molar-refractivity contribution is -0.120. The molecule has 3 N–H and O–H groups in total. The van der Waals surface area contributed by atoms with E-state index in [0.29, 0.717) is 5.82 Å². The van der Waals surface area contributed by atoms with E-state index in [1.165, 1.54) is 0 Å². The zero-order chi connectivity index (χ0) is 12.1. The molecular weight excluding hydrogens is 206 g/mol. The van der Waals surface area contributed by atoms with Crippen LogP contribution in [0.5, 0.6) is 0 Å². The molecule has 0 aliphatic rings. The van der Waals surface area contributed by atoms with Gasteiger partial charge in [0.05, 0.1) is 6.54 Å². The number of likely N-dealkylation sites (N-methyl/N-ethyl adjacent to an activating group) is 1. The van der Waals surface area contributed by atoms with Crippen molar-refractivity contribution >= 4 is 17.7 Å². The lowest BCUT2D eigenvalue weighted by Crippen LogP contribution is -2.38. The highest BCUT2D eigenvalue weighted by Crippen LogP contribution is 2.07. The van der Waals surface area contributed by atoms with Crippen LogP contribution in [-0.4, -0.2) is 35.5 Å². The summed E-state index contributed by atoms with van der Waals surface area (Å²) in [5.41, 5.74) is 5.46. The Morgan fingerprint density at radius 2 is 2.31 bits per heavy atom. The zero-order valence-electron chi connectivity index (χ0n) is 9.77.